The molecule has 0 amide bonds. The zero-order valence-corrected chi connectivity index (χ0v) is 17.3. The lowest BCUT2D eigenvalue weighted by Crippen LogP contribution is -1.93. The first-order chi connectivity index (χ1) is 14.1. The molecular weight excluding hydrogens is 386 g/mol. The predicted molar refractivity (Wildman–Crippen MR) is 118 cm³/mol. The number of fused-ring (bicyclic) bond motifs is 1. The molecule has 4 heteroatoms. The Kier molecular flexibility index (Phi) is 5.63. The lowest BCUT2D eigenvalue weighted by molar-refractivity contribution is 0.323. The first kappa shape index (κ1) is 19.6. The van der Waals surface area contributed by atoms with E-state index in [1.54, 1.807) is 12.1 Å². The van der Waals surface area contributed by atoms with E-state index in [2.05, 4.69) is 19.1 Å². The van der Waals surface area contributed by atoms with Crippen LogP contribution in [0.4, 0.5) is 8.78 Å². The molecule has 0 saturated heterocycles. The number of halogens is 2. The van der Waals surface area contributed by atoms with Crippen molar-refractivity contribution in [2.75, 3.05) is 6.61 Å². The standard InChI is InChI=1S/C25H22F2OS/c1-3-5-16-6-8-17(9-7-16)20-12-10-18(14-21(20)26)23-15-19-11-13-22(28-4-2)24(27)25(19)29-23/h6-15H,3-5H2,1-2H3. The number of rotatable bonds is 6. The quantitative estimate of drug-likeness (QED) is 0.315. The summed E-state index contributed by atoms with van der Waals surface area (Å²) in [6.07, 6.45) is 2.11. The van der Waals surface area contributed by atoms with Gasteiger partial charge in [-0.3, -0.25) is 0 Å². The van der Waals surface area contributed by atoms with Gasteiger partial charge in [-0.25, -0.2) is 8.78 Å². The van der Waals surface area contributed by atoms with Gasteiger partial charge in [0.25, 0.3) is 0 Å². The van der Waals surface area contributed by atoms with Gasteiger partial charge in [0.15, 0.2) is 11.6 Å². The van der Waals surface area contributed by atoms with Crippen molar-refractivity contribution in [2.24, 2.45) is 0 Å². The third-order valence-corrected chi connectivity index (χ3v) is 6.14. The summed E-state index contributed by atoms with van der Waals surface area (Å²) in [7, 11) is 0. The van der Waals surface area contributed by atoms with Gasteiger partial charge in [0.1, 0.15) is 5.82 Å². The molecule has 0 fully saturated rings. The van der Waals surface area contributed by atoms with Crippen LogP contribution >= 0.6 is 11.3 Å². The highest BCUT2D eigenvalue weighted by Crippen LogP contribution is 2.39. The van der Waals surface area contributed by atoms with E-state index in [1.807, 2.05) is 37.3 Å². The summed E-state index contributed by atoms with van der Waals surface area (Å²) in [5.74, 6) is -0.384. The fourth-order valence-electron chi connectivity index (χ4n) is 3.50. The molecule has 4 aromatic rings. The Morgan fingerprint density at radius 3 is 2.31 bits per heavy atom. The van der Waals surface area contributed by atoms with Gasteiger partial charge >= 0.3 is 0 Å². The number of ether oxygens (including phenoxy) is 1. The summed E-state index contributed by atoms with van der Waals surface area (Å²) in [6, 6.07) is 18.6. The minimum atomic E-state index is -0.357. The molecule has 0 radical (unpaired) electrons. The van der Waals surface area contributed by atoms with Gasteiger partial charge in [-0.1, -0.05) is 49.7 Å². The van der Waals surface area contributed by atoms with Crippen molar-refractivity contribution >= 4 is 21.4 Å². The Morgan fingerprint density at radius 1 is 0.862 bits per heavy atom. The molecule has 4 rings (SSSR count). The first-order valence-electron chi connectivity index (χ1n) is 9.84. The third kappa shape index (κ3) is 3.90. The molecule has 0 aliphatic carbocycles. The van der Waals surface area contributed by atoms with E-state index in [1.165, 1.54) is 23.0 Å². The van der Waals surface area contributed by atoms with E-state index < -0.39 is 0 Å². The highest BCUT2D eigenvalue weighted by molar-refractivity contribution is 7.22. The Bertz CT molecular complexity index is 1150. The van der Waals surface area contributed by atoms with E-state index in [4.69, 9.17) is 4.74 Å². The van der Waals surface area contributed by atoms with E-state index in [9.17, 15) is 8.78 Å². The number of hydrogen-bond acceptors (Lipinski definition) is 2. The SMILES string of the molecule is CCCc1ccc(-c2ccc(-c3cc4ccc(OCC)c(F)c4s3)cc2F)cc1. The van der Waals surface area contributed by atoms with E-state index >= 15 is 0 Å². The van der Waals surface area contributed by atoms with Crippen molar-refractivity contribution < 1.29 is 13.5 Å². The van der Waals surface area contributed by atoms with Crippen LogP contribution in [-0.4, -0.2) is 6.61 Å². The Hall–Kier alpha value is -2.72. The van der Waals surface area contributed by atoms with Crippen molar-refractivity contribution in [3.63, 3.8) is 0 Å². The minimum absolute atomic E-state index is 0.251. The van der Waals surface area contributed by atoms with Gasteiger partial charge in [-0.05, 0) is 59.7 Å². The molecule has 0 spiro atoms. The maximum Gasteiger partial charge on any atom is 0.182 e. The van der Waals surface area contributed by atoms with Gasteiger partial charge in [0, 0.05) is 10.4 Å². The number of aryl methyl sites for hydroxylation is 1. The molecular formula is C25H22F2OS. The fourth-order valence-corrected chi connectivity index (χ4v) is 4.59. The molecule has 1 heterocycles. The van der Waals surface area contributed by atoms with Crippen LogP contribution in [0, 0.1) is 11.6 Å². The van der Waals surface area contributed by atoms with Crippen LogP contribution in [0.5, 0.6) is 5.75 Å². The van der Waals surface area contributed by atoms with Gasteiger partial charge < -0.3 is 4.74 Å². The largest absolute Gasteiger partial charge is 0.491 e. The second kappa shape index (κ2) is 8.34. The average molecular weight is 409 g/mol. The Balaban J connectivity index is 1.68. The molecule has 0 saturated carbocycles. The Morgan fingerprint density at radius 2 is 1.62 bits per heavy atom. The number of benzene rings is 3. The van der Waals surface area contributed by atoms with Crippen LogP contribution in [0.3, 0.4) is 0 Å². The van der Waals surface area contributed by atoms with Crippen molar-refractivity contribution in [2.45, 2.75) is 26.7 Å². The van der Waals surface area contributed by atoms with Gasteiger partial charge in [0.2, 0.25) is 0 Å². The molecule has 1 aromatic heterocycles. The van der Waals surface area contributed by atoms with Crippen molar-refractivity contribution in [1.29, 1.82) is 0 Å². The highest BCUT2D eigenvalue weighted by atomic mass is 32.1. The minimum Gasteiger partial charge on any atom is -0.491 e. The van der Waals surface area contributed by atoms with Crippen molar-refractivity contribution in [3.8, 4) is 27.3 Å². The van der Waals surface area contributed by atoms with Crippen LogP contribution in [0.25, 0.3) is 31.7 Å². The summed E-state index contributed by atoms with van der Waals surface area (Å²) in [6.45, 7) is 4.38. The molecule has 148 valence electrons. The normalized spacial score (nSPS) is 11.2. The van der Waals surface area contributed by atoms with Gasteiger partial charge in [0.05, 0.1) is 11.3 Å². The summed E-state index contributed by atoms with van der Waals surface area (Å²) in [5, 5.41) is 0.793. The number of thiophene rings is 1. The zero-order chi connectivity index (χ0) is 20.4. The number of hydrogen-bond donors (Lipinski definition) is 0. The van der Waals surface area contributed by atoms with Crippen molar-refractivity contribution in [3.05, 3.63) is 77.9 Å². The molecule has 0 aliphatic rings. The fraction of sp³-hybridized carbons (Fsp3) is 0.200. The predicted octanol–water partition coefficient (Wildman–Crippen LogP) is 7.86. The van der Waals surface area contributed by atoms with Crippen molar-refractivity contribution in [1.82, 2.24) is 0 Å². The van der Waals surface area contributed by atoms with E-state index in [-0.39, 0.29) is 17.4 Å². The Labute approximate surface area is 173 Å². The summed E-state index contributed by atoms with van der Waals surface area (Å²) in [4.78, 5) is 0.830. The molecule has 3 aromatic carbocycles. The lowest BCUT2D eigenvalue weighted by atomic mass is 10.00. The molecule has 0 N–H and O–H groups in total. The first-order valence-corrected chi connectivity index (χ1v) is 10.7. The van der Waals surface area contributed by atoms with Gasteiger partial charge in [-0.15, -0.1) is 11.3 Å². The summed E-state index contributed by atoms with van der Waals surface area (Å²) in [5.41, 5.74) is 3.43. The molecule has 0 atom stereocenters. The maximum atomic E-state index is 14.9. The van der Waals surface area contributed by atoms with Gasteiger partial charge in [-0.2, -0.15) is 0 Å². The topological polar surface area (TPSA) is 9.23 Å². The highest BCUT2D eigenvalue weighted by Gasteiger charge is 2.14. The third-order valence-electron chi connectivity index (χ3n) is 4.95. The molecule has 29 heavy (non-hydrogen) atoms. The van der Waals surface area contributed by atoms with Crippen LogP contribution < -0.4 is 4.74 Å². The monoisotopic (exact) mass is 408 g/mol. The summed E-state index contributed by atoms with van der Waals surface area (Å²) < 4.78 is 35.4. The second-order valence-corrected chi connectivity index (χ2v) is 8.03. The van der Waals surface area contributed by atoms with E-state index in [0.717, 1.165) is 34.2 Å². The second-order valence-electron chi connectivity index (χ2n) is 6.98. The maximum absolute atomic E-state index is 14.9. The van der Waals surface area contributed by atoms with Crippen LogP contribution in [-0.2, 0) is 6.42 Å². The molecule has 0 aliphatic heterocycles. The smallest absolute Gasteiger partial charge is 0.182 e. The zero-order valence-electron chi connectivity index (χ0n) is 16.5. The average Bonchev–Trinajstić information content (AvgIpc) is 3.16. The van der Waals surface area contributed by atoms with Crippen LogP contribution in [0.2, 0.25) is 0 Å². The molecule has 0 bridgehead atoms. The van der Waals surface area contributed by atoms with Crippen LogP contribution in [0.15, 0.2) is 60.7 Å². The summed E-state index contributed by atoms with van der Waals surface area (Å²) >= 11 is 1.31. The van der Waals surface area contributed by atoms with Crippen LogP contribution in [0.1, 0.15) is 25.8 Å². The lowest BCUT2D eigenvalue weighted by Gasteiger charge is -2.07. The molecule has 0 unspecified atom stereocenters. The van der Waals surface area contributed by atoms with E-state index in [0.29, 0.717) is 16.9 Å². The molecule has 1 nitrogen and oxygen atoms in total.